The van der Waals surface area contributed by atoms with Crippen molar-refractivity contribution in [1.82, 2.24) is 4.57 Å². The molecule has 1 amide bonds. The molecule has 0 bridgehead atoms. The first-order valence-corrected chi connectivity index (χ1v) is 9.91. The molecule has 0 atom stereocenters. The zero-order chi connectivity index (χ0) is 19.8. The fourth-order valence-corrected chi connectivity index (χ4v) is 4.04. The number of hydrogen-bond donors (Lipinski definition) is 0. The number of aromatic nitrogens is 1. The molecule has 0 radical (unpaired) electrons. The van der Waals surface area contributed by atoms with Crippen LogP contribution in [0.15, 0.2) is 53.5 Å². The molecule has 0 spiro atoms. The monoisotopic (exact) mass is 378 g/mol. The van der Waals surface area contributed by atoms with Crippen molar-refractivity contribution >= 4 is 17.2 Å². The molecule has 3 aromatic rings. The molecule has 0 unspecified atom stereocenters. The Morgan fingerprint density at radius 3 is 2.11 bits per heavy atom. The maximum atomic E-state index is 12.7. The van der Waals surface area contributed by atoms with E-state index in [1.54, 1.807) is 11.3 Å². The number of amides is 1. The zero-order valence-electron chi connectivity index (χ0n) is 16.8. The minimum Gasteiger partial charge on any atom is -0.319 e. The summed E-state index contributed by atoms with van der Waals surface area (Å²) in [7, 11) is 1.97. The van der Waals surface area contributed by atoms with Gasteiger partial charge in [-0.15, -0.1) is 11.3 Å². The lowest BCUT2D eigenvalue weighted by Crippen LogP contribution is -2.15. The van der Waals surface area contributed by atoms with E-state index in [1.165, 1.54) is 11.1 Å². The molecule has 0 fully saturated rings. The second-order valence-corrected chi connectivity index (χ2v) is 9.14. The molecular formula is C23H26N2OS. The van der Waals surface area contributed by atoms with Crippen LogP contribution in [0.1, 0.15) is 47.1 Å². The van der Waals surface area contributed by atoms with Gasteiger partial charge in [0, 0.05) is 17.5 Å². The van der Waals surface area contributed by atoms with Crippen LogP contribution in [0, 0.1) is 13.8 Å². The summed E-state index contributed by atoms with van der Waals surface area (Å²) in [4.78, 5) is 18.9. The second-order valence-electron chi connectivity index (χ2n) is 7.96. The molecule has 1 aromatic heterocycles. The number of hydrogen-bond acceptors (Lipinski definition) is 2. The van der Waals surface area contributed by atoms with E-state index in [0.29, 0.717) is 10.4 Å². The smallest absolute Gasteiger partial charge is 0.279 e. The molecule has 0 aliphatic carbocycles. The maximum absolute atomic E-state index is 12.7. The molecule has 4 heteroatoms. The van der Waals surface area contributed by atoms with E-state index >= 15 is 0 Å². The van der Waals surface area contributed by atoms with Crippen molar-refractivity contribution in [1.29, 1.82) is 0 Å². The molecule has 0 saturated carbocycles. The first-order valence-electron chi connectivity index (χ1n) is 9.10. The van der Waals surface area contributed by atoms with Crippen molar-refractivity contribution in [2.45, 2.75) is 40.0 Å². The Morgan fingerprint density at radius 1 is 0.963 bits per heavy atom. The average Bonchev–Trinajstić information content (AvgIpc) is 2.89. The Balaban J connectivity index is 1.97. The lowest BCUT2D eigenvalue weighted by molar-refractivity contribution is 0.0998. The number of rotatable bonds is 2. The molecule has 27 heavy (non-hydrogen) atoms. The third-order valence-electron chi connectivity index (χ3n) is 4.72. The molecular weight excluding hydrogens is 352 g/mol. The van der Waals surface area contributed by atoms with Gasteiger partial charge in [-0.05, 0) is 42.5 Å². The number of carbonyl (C=O) groups excluding carboxylic acids is 1. The summed E-state index contributed by atoms with van der Waals surface area (Å²) in [5.74, 6) is -0.206. The summed E-state index contributed by atoms with van der Waals surface area (Å²) in [5.41, 5.74) is 5.37. The van der Waals surface area contributed by atoms with Gasteiger partial charge >= 0.3 is 0 Å². The second kappa shape index (κ2) is 7.28. The summed E-state index contributed by atoms with van der Waals surface area (Å²) in [6.45, 7) is 10.6. The van der Waals surface area contributed by atoms with Crippen LogP contribution in [0.25, 0.3) is 11.3 Å². The molecule has 0 aliphatic heterocycles. The van der Waals surface area contributed by atoms with Gasteiger partial charge in [-0.2, -0.15) is 4.99 Å². The molecule has 140 valence electrons. The third-order valence-corrected chi connectivity index (χ3v) is 5.77. The van der Waals surface area contributed by atoms with Crippen molar-refractivity contribution in [2.75, 3.05) is 0 Å². The van der Waals surface area contributed by atoms with Gasteiger partial charge in [0.2, 0.25) is 0 Å². The van der Waals surface area contributed by atoms with Crippen LogP contribution in [0.2, 0.25) is 0 Å². The maximum Gasteiger partial charge on any atom is 0.279 e. The normalized spacial score (nSPS) is 12.4. The minimum absolute atomic E-state index is 0.0684. The SMILES string of the molecule is Cc1ccc(-c2c(C)sc(=NC(=O)c3ccc(C(C)(C)C)cc3)n2C)cc1. The molecule has 1 heterocycles. The molecule has 3 rings (SSSR count). The standard InChI is InChI=1S/C23H26N2OS/c1-15-7-9-17(10-8-15)20-16(2)27-22(25(20)6)24-21(26)18-11-13-19(14-12-18)23(3,4)5/h7-14H,1-6H3. The highest BCUT2D eigenvalue weighted by Crippen LogP contribution is 2.25. The summed E-state index contributed by atoms with van der Waals surface area (Å²) in [6.07, 6.45) is 0. The Bertz CT molecular complexity index is 1030. The first-order chi connectivity index (χ1) is 12.7. The van der Waals surface area contributed by atoms with Gasteiger partial charge in [0.05, 0.1) is 5.69 Å². The molecule has 0 N–H and O–H groups in total. The van der Waals surface area contributed by atoms with E-state index in [2.05, 4.69) is 63.9 Å². The number of thiazole rings is 1. The van der Waals surface area contributed by atoms with Gasteiger partial charge in [-0.1, -0.05) is 62.7 Å². The van der Waals surface area contributed by atoms with E-state index in [0.717, 1.165) is 16.1 Å². The van der Waals surface area contributed by atoms with Crippen LogP contribution in [0.5, 0.6) is 0 Å². The summed E-state index contributed by atoms with van der Waals surface area (Å²) in [5, 5.41) is 0. The van der Waals surface area contributed by atoms with E-state index in [-0.39, 0.29) is 11.3 Å². The van der Waals surface area contributed by atoms with Gasteiger partial charge in [0.25, 0.3) is 5.91 Å². The molecule has 0 saturated heterocycles. The predicted octanol–water partition coefficient (Wildman–Crippen LogP) is 5.41. The highest BCUT2D eigenvalue weighted by Gasteiger charge is 2.15. The van der Waals surface area contributed by atoms with Crippen molar-refractivity contribution in [3.8, 4) is 11.3 Å². The van der Waals surface area contributed by atoms with Crippen molar-refractivity contribution in [3.05, 3.63) is 74.9 Å². The lowest BCUT2D eigenvalue weighted by Gasteiger charge is -2.18. The highest BCUT2D eigenvalue weighted by atomic mass is 32.1. The van der Waals surface area contributed by atoms with Gasteiger partial charge in [0.1, 0.15) is 0 Å². The Kier molecular flexibility index (Phi) is 5.20. The summed E-state index contributed by atoms with van der Waals surface area (Å²) < 4.78 is 2.01. The van der Waals surface area contributed by atoms with Crippen LogP contribution in [-0.4, -0.2) is 10.5 Å². The van der Waals surface area contributed by atoms with Crippen molar-refractivity contribution in [2.24, 2.45) is 12.0 Å². The zero-order valence-corrected chi connectivity index (χ0v) is 17.6. The van der Waals surface area contributed by atoms with Crippen LogP contribution in [-0.2, 0) is 12.5 Å². The van der Waals surface area contributed by atoms with E-state index in [1.807, 2.05) is 35.9 Å². The van der Waals surface area contributed by atoms with Gasteiger partial charge in [0.15, 0.2) is 4.80 Å². The van der Waals surface area contributed by atoms with E-state index in [9.17, 15) is 4.79 Å². The van der Waals surface area contributed by atoms with Gasteiger partial charge in [-0.25, -0.2) is 0 Å². The van der Waals surface area contributed by atoms with Gasteiger partial charge < -0.3 is 4.57 Å². The Labute approximate surface area is 165 Å². The third kappa shape index (κ3) is 4.11. The molecule has 3 nitrogen and oxygen atoms in total. The number of nitrogens with zero attached hydrogens (tertiary/aromatic N) is 2. The number of carbonyl (C=O) groups is 1. The number of aryl methyl sites for hydroxylation is 2. The number of benzene rings is 2. The van der Waals surface area contributed by atoms with E-state index < -0.39 is 0 Å². The van der Waals surface area contributed by atoms with Crippen molar-refractivity contribution in [3.63, 3.8) is 0 Å². The van der Waals surface area contributed by atoms with Crippen LogP contribution < -0.4 is 4.80 Å². The quantitative estimate of drug-likeness (QED) is 0.587. The summed E-state index contributed by atoms with van der Waals surface area (Å²) >= 11 is 1.55. The van der Waals surface area contributed by atoms with Crippen LogP contribution in [0.3, 0.4) is 0 Å². The lowest BCUT2D eigenvalue weighted by atomic mass is 9.87. The Morgan fingerprint density at radius 2 is 1.56 bits per heavy atom. The van der Waals surface area contributed by atoms with Crippen LogP contribution >= 0.6 is 11.3 Å². The average molecular weight is 379 g/mol. The topological polar surface area (TPSA) is 34.4 Å². The summed E-state index contributed by atoms with van der Waals surface area (Å²) in [6, 6.07) is 16.2. The first kappa shape index (κ1) is 19.3. The molecule has 0 aliphatic rings. The van der Waals surface area contributed by atoms with Crippen LogP contribution in [0.4, 0.5) is 0 Å². The predicted molar refractivity (Wildman–Crippen MR) is 113 cm³/mol. The fourth-order valence-electron chi connectivity index (χ4n) is 3.06. The van der Waals surface area contributed by atoms with Crippen molar-refractivity contribution < 1.29 is 4.79 Å². The minimum atomic E-state index is -0.206. The Hall–Kier alpha value is -2.46. The van der Waals surface area contributed by atoms with Gasteiger partial charge in [-0.3, -0.25) is 4.79 Å². The van der Waals surface area contributed by atoms with E-state index in [4.69, 9.17) is 0 Å². The fraction of sp³-hybridized carbons (Fsp3) is 0.304. The molecule has 2 aromatic carbocycles. The largest absolute Gasteiger partial charge is 0.319 e. The highest BCUT2D eigenvalue weighted by molar-refractivity contribution is 7.09.